The van der Waals surface area contributed by atoms with Gasteiger partial charge in [0.1, 0.15) is 5.82 Å². The number of nitrogens with zero attached hydrogens (tertiary/aromatic N) is 2. The number of likely N-dealkylation sites (tertiary alicyclic amines) is 2. The van der Waals surface area contributed by atoms with Crippen LogP contribution in [0.15, 0.2) is 12.1 Å². The minimum absolute atomic E-state index is 0.00176. The second kappa shape index (κ2) is 7.39. The minimum Gasteiger partial charge on any atom is -0.340 e. The summed E-state index contributed by atoms with van der Waals surface area (Å²) < 4.78 is 40.2. The smallest absolute Gasteiger partial charge is 0.225 e. The molecule has 5 nitrogen and oxygen atoms in total. The lowest BCUT2D eigenvalue weighted by Crippen LogP contribution is -2.43. The summed E-state index contributed by atoms with van der Waals surface area (Å²) in [6, 6.07) is 0.604. The van der Waals surface area contributed by atoms with Crippen molar-refractivity contribution in [3.05, 3.63) is 35.1 Å². The van der Waals surface area contributed by atoms with Gasteiger partial charge in [-0.1, -0.05) is 0 Å². The third-order valence-electron chi connectivity index (χ3n) is 6.11. The zero-order valence-electron chi connectivity index (χ0n) is 15.5. The summed E-state index contributed by atoms with van der Waals surface area (Å²) in [4.78, 5) is 28.7. The fourth-order valence-electron chi connectivity index (χ4n) is 4.46. The number of hydrogen-bond acceptors (Lipinski definition) is 3. The summed E-state index contributed by atoms with van der Waals surface area (Å²) in [6.07, 6.45) is 2.73. The van der Waals surface area contributed by atoms with Crippen molar-refractivity contribution in [2.45, 2.75) is 44.2 Å². The van der Waals surface area contributed by atoms with Gasteiger partial charge in [0.2, 0.25) is 11.8 Å². The fraction of sp³-hybridized carbons (Fsp3) is 0.600. The van der Waals surface area contributed by atoms with Crippen molar-refractivity contribution in [2.75, 3.05) is 19.6 Å². The minimum atomic E-state index is -1.25. The van der Waals surface area contributed by atoms with E-state index in [4.69, 9.17) is 5.73 Å². The number of fused-ring (bicyclic) bond motifs is 1. The number of rotatable bonds is 5. The highest BCUT2D eigenvalue weighted by atomic mass is 19.2. The molecule has 3 fully saturated rings. The molecule has 0 aromatic heterocycles. The van der Waals surface area contributed by atoms with Gasteiger partial charge < -0.3 is 15.5 Å². The summed E-state index contributed by atoms with van der Waals surface area (Å²) in [5, 5.41) is 0. The van der Waals surface area contributed by atoms with Gasteiger partial charge in [-0.3, -0.25) is 9.59 Å². The van der Waals surface area contributed by atoms with Gasteiger partial charge in [0.25, 0.3) is 0 Å². The zero-order valence-corrected chi connectivity index (χ0v) is 15.5. The third kappa shape index (κ3) is 3.74. The highest BCUT2D eigenvalue weighted by Crippen LogP contribution is 2.37. The second-order valence-electron chi connectivity index (χ2n) is 8.25. The fourth-order valence-corrected chi connectivity index (χ4v) is 4.46. The summed E-state index contributed by atoms with van der Waals surface area (Å²) in [6.45, 7) is 1.90. The quantitative estimate of drug-likeness (QED) is 0.774. The Labute approximate surface area is 161 Å². The predicted octanol–water partition coefficient (Wildman–Crippen LogP) is 1.83. The monoisotopic (exact) mass is 395 g/mol. The van der Waals surface area contributed by atoms with E-state index in [2.05, 4.69) is 0 Å². The van der Waals surface area contributed by atoms with Gasteiger partial charge in [-0.15, -0.1) is 0 Å². The molecule has 2 saturated heterocycles. The summed E-state index contributed by atoms with van der Waals surface area (Å²) in [7, 11) is 0. The van der Waals surface area contributed by atoms with Crippen molar-refractivity contribution in [3.63, 3.8) is 0 Å². The van der Waals surface area contributed by atoms with Crippen molar-refractivity contribution in [3.8, 4) is 0 Å². The molecule has 0 bridgehead atoms. The normalized spacial score (nSPS) is 25.1. The van der Waals surface area contributed by atoms with Crippen LogP contribution in [0.5, 0.6) is 0 Å². The molecule has 1 aromatic carbocycles. The number of halogens is 3. The highest BCUT2D eigenvalue weighted by molar-refractivity contribution is 5.82. The van der Waals surface area contributed by atoms with Crippen LogP contribution in [0.4, 0.5) is 13.2 Å². The molecular weight excluding hydrogens is 371 g/mol. The molecule has 28 heavy (non-hydrogen) atoms. The number of carbonyl (C=O) groups is 2. The van der Waals surface area contributed by atoms with Crippen LogP contribution in [-0.2, 0) is 16.0 Å². The van der Waals surface area contributed by atoms with Crippen molar-refractivity contribution in [1.29, 1.82) is 0 Å². The SMILES string of the molecule is NC(CC(=O)N1CC[C@H]2CN(C(=O)C3CC3)C[C@H]21)Cc1cc(F)c(F)cc1F. The number of amides is 2. The molecule has 3 aliphatic rings. The van der Waals surface area contributed by atoms with Crippen LogP contribution >= 0.6 is 0 Å². The van der Waals surface area contributed by atoms with E-state index in [0.29, 0.717) is 31.6 Å². The highest BCUT2D eigenvalue weighted by Gasteiger charge is 2.46. The van der Waals surface area contributed by atoms with E-state index < -0.39 is 23.5 Å². The molecule has 3 atom stereocenters. The molecule has 2 N–H and O–H groups in total. The van der Waals surface area contributed by atoms with Crippen LogP contribution in [0, 0.1) is 29.3 Å². The van der Waals surface area contributed by atoms with Gasteiger partial charge >= 0.3 is 0 Å². The second-order valence-corrected chi connectivity index (χ2v) is 8.25. The van der Waals surface area contributed by atoms with Gasteiger partial charge in [0, 0.05) is 50.0 Å². The van der Waals surface area contributed by atoms with Gasteiger partial charge in [0.15, 0.2) is 11.6 Å². The Morgan fingerprint density at radius 2 is 1.79 bits per heavy atom. The van der Waals surface area contributed by atoms with Crippen molar-refractivity contribution >= 4 is 11.8 Å². The molecule has 1 unspecified atom stereocenters. The number of benzene rings is 1. The Balaban J connectivity index is 1.34. The molecule has 0 radical (unpaired) electrons. The van der Waals surface area contributed by atoms with Crippen LogP contribution in [0.1, 0.15) is 31.2 Å². The molecule has 2 aliphatic heterocycles. The van der Waals surface area contributed by atoms with Gasteiger partial charge in [-0.25, -0.2) is 13.2 Å². The molecule has 1 aromatic rings. The lowest BCUT2D eigenvalue weighted by molar-refractivity contribution is -0.135. The van der Waals surface area contributed by atoms with Crippen molar-refractivity contribution < 1.29 is 22.8 Å². The molecule has 0 spiro atoms. The van der Waals surface area contributed by atoms with E-state index >= 15 is 0 Å². The van der Waals surface area contributed by atoms with Crippen molar-refractivity contribution in [2.24, 2.45) is 17.6 Å². The number of carbonyl (C=O) groups excluding carboxylic acids is 2. The molecule has 152 valence electrons. The van der Waals surface area contributed by atoms with E-state index in [0.717, 1.165) is 25.3 Å². The molecule has 8 heteroatoms. The Morgan fingerprint density at radius 1 is 1.07 bits per heavy atom. The Bertz CT molecular complexity index is 799. The van der Waals surface area contributed by atoms with E-state index in [9.17, 15) is 22.8 Å². The van der Waals surface area contributed by atoms with Crippen LogP contribution in [0.3, 0.4) is 0 Å². The van der Waals surface area contributed by atoms with E-state index in [1.807, 2.05) is 4.90 Å². The summed E-state index contributed by atoms with van der Waals surface area (Å²) in [5.74, 6) is -2.72. The molecule has 2 amide bonds. The van der Waals surface area contributed by atoms with E-state index in [1.54, 1.807) is 4.90 Å². The van der Waals surface area contributed by atoms with Crippen LogP contribution in [0.25, 0.3) is 0 Å². The maximum Gasteiger partial charge on any atom is 0.225 e. The lowest BCUT2D eigenvalue weighted by atomic mass is 10.0. The first-order valence-electron chi connectivity index (χ1n) is 9.80. The number of hydrogen-bond donors (Lipinski definition) is 1. The Hall–Kier alpha value is -2.09. The summed E-state index contributed by atoms with van der Waals surface area (Å²) in [5.41, 5.74) is 5.96. The standard InChI is InChI=1S/C20H24F3N3O2/c21-15-8-17(23)16(22)6-13(15)5-14(24)7-19(27)26-4-3-12-9-25(10-18(12)26)20(28)11-1-2-11/h6,8,11-12,14,18H,1-5,7,9-10,24H2/t12-,14?,18+/m0/s1. The molecule has 1 aliphatic carbocycles. The van der Waals surface area contributed by atoms with E-state index in [-0.39, 0.29) is 42.2 Å². The molecule has 1 saturated carbocycles. The number of nitrogens with two attached hydrogens (primary N) is 1. The molecule has 4 rings (SSSR count). The first-order valence-corrected chi connectivity index (χ1v) is 9.80. The van der Waals surface area contributed by atoms with Crippen LogP contribution < -0.4 is 5.73 Å². The van der Waals surface area contributed by atoms with Crippen LogP contribution in [0.2, 0.25) is 0 Å². The third-order valence-corrected chi connectivity index (χ3v) is 6.11. The molecule has 2 heterocycles. The van der Waals surface area contributed by atoms with Gasteiger partial charge in [-0.05, 0) is 37.3 Å². The average Bonchev–Trinajstić information content (AvgIpc) is 3.27. The largest absolute Gasteiger partial charge is 0.340 e. The average molecular weight is 395 g/mol. The van der Waals surface area contributed by atoms with Gasteiger partial charge in [0.05, 0.1) is 6.04 Å². The molecular formula is C20H24F3N3O2. The first kappa shape index (κ1) is 19.2. The van der Waals surface area contributed by atoms with Crippen molar-refractivity contribution in [1.82, 2.24) is 9.80 Å². The topological polar surface area (TPSA) is 66.6 Å². The maximum atomic E-state index is 13.8. The van der Waals surface area contributed by atoms with Crippen LogP contribution in [-0.4, -0.2) is 53.3 Å². The summed E-state index contributed by atoms with van der Waals surface area (Å²) >= 11 is 0. The maximum absolute atomic E-state index is 13.8. The lowest BCUT2D eigenvalue weighted by Gasteiger charge is -2.26. The Kier molecular flexibility index (Phi) is 5.07. The van der Waals surface area contributed by atoms with E-state index in [1.165, 1.54) is 0 Å². The van der Waals surface area contributed by atoms with Gasteiger partial charge in [-0.2, -0.15) is 0 Å². The predicted molar refractivity (Wildman–Crippen MR) is 95.5 cm³/mol. The Morgan fingerprint density at radius 3 is 2.50 bits per heavy atom. The zero-order chi connectivity index (χ0) is 20.0. The first-order chi connectivity index (χ1) is 13.3.